The Labute approximate surface area is 205 Å². The van der Waals surface area contributed by atoms with E-state index in [2.05, 4.69) is 9.98 Å². The average molecular weight is 523 g/mol. The quantitative estimate of drug-likeness (QED) is 0.378. The Kier molecular flexibility index (Phi) is 4.94. The third kappa shape index (κ3) is 2.95. The predicted molar refractivity (Wildman–Crippen MR) is 127 cm³/mol. The minimum Gasteiger partial charge on any atom is -0.252 e. The van der Waals surface area contributed by atoms with Gasteiger partial charge in [-0.2, -0.15) is 26.3 Å². The normalized spacial score (nSPS) is 28.1. The fourth-order valence-corrected chi connectivity index (χ4v) is 8.16. The molecule has 0 bridgehead atoms. The molecule has 0 amide bonds. The van der Waals surface area contributed by atoms with E-state index in [1.54, 1.807) is 60.7 Å². The Morgan fingerprint density at radius 2 is 0.971 bits per heavy atom. The summed E-state index contributed by atoms with van der Waals surface area (Å²) in [6.45, 7) is 0. The minimum absolute atomic E-state index is 0.0742. The fourth-order valence-electron chi connectivity index (χ4n) is 5.29. The van der Waals surface area contributed by atoms with E-state index in [9.17, 15) is 0 Å². The standard InChI is InChI=1S/C25H16F6N2S2/c26-24(27,28)22-18(34-20(32-22)14-8-3-1-4-9-14)16-12-7-13-17(16)19-23(22,25(29,30)31)33-21(35-19)15-10-5-2-6-11-15/h1-6,8-11H,7,12-13H2. The van der Waals surface area contributed by atoms with Crippen LogP contribution in [0.5, 0.6) is 0 Å². The van der Waals surface area contributed by atoms with Crippen molar-refractivity contribution in [3.63, 3.8) is 0 Å². The van der Waals surface area contributed by atoms with Gasteiger partial charge in [-0.1, -0.05) is 84.2 Å². The largest absolute Gasteiger partial charge is 0.421 e. The van der Waals surface area contributed by atoms with Crippen LogP contribution in [0.3, 0.4) is 0 Å². The zero-order valence-corrected chi connectivity index (χ0v) is 19.5. The molecule has 2 aliphatic carbocycles. The lowest BCUT2D eigenvalue weighted by molar-refractivity contribution is -0.247. The molecule has 2 aromatic carbocycles. The van der Waals surface area contributed by atoms with Gasteiger partial charge in [0, 0.05) is 20.9 Å². The molecule has 2 aliphatic heterocycles. The fraction of sp³-hybridized carbons (Fsp3) is 0.280. The van der Waals surface area contributed by atoms with Crippen molar-refractivity contribution >= 4 is 33.6 Å². The molecule has 1 saturated carbocycles. The summed E-state index contributed by atoms with van der Waals surface area (Å²) < 4.78 is 91.3. The second kappa shape index (κ2) is 7.52. The lowest BCUT2D eigenvalue weighted by Gasteiger charge is -2.47. The predicted octanol–water partition coefficient (Wildman–Crippen LogP) is 7.68. The second-order valence-corrected chi connectivity index (χ2v) is 10.7. The highest BCUT2D eigenvalue weighted by Crippen LogP contribution is 2.71. The van der Waals surface area contributed by atoms with Gasteiger partial charge in [0.15, 0.2) is 0 Å². The smallest absolute Gasteiger partial charge is 0.252 e. The molecular formula is C25H16F6N2S2. The van der Waals surface area contributed by atoms with Gasteiger partial charge in [-0.25, -0.2) is 0 Å². The van der Waals surface area contributed by atoms with Crippen LogP contribution in [0.25, 0.3) is 0 Å². The molecule has 0 aromatic heterocycles. The van der Waals surface area contributed by atoms with Gasteiger partial charge in [-0.3, -0.25) is 9.98 Å². The van der Waals surface area contributed by atoms with Crippen molar-refractivity contribution in [3.8, 4) is 0 Å². The molecule has 1 fully saturated rings. The summed E-state index contributed by atoms with van der Waals surface area (Å²) in [5.74, 6) is 0. The molecule has 0 radical (unpaired) electrons. The Balaban J connectivity index is 1.72. The highest BCUT2D eigenvalue weighted by Gasteiger charge is 2.84. The summed E-state index contributed by atoms with van der Waals surface area (Å²) >= 11 is 1.41. The maximum absolute atomic E-state index is 15.2. The number of alkyl halides is 6. The minimum atomic E-state index is -5.34. The first-order chi connectivity index (χ1) is 16.6. The lowest BCUT2D eigenvalue weighted by atomic mass is 9.69. The summed E-state index contributed by atoms with van der Waals surface area (Å²) in [5, 5.41) is -0.148. The zero-order chi connectivity index (χ0) is 24.6. The van der Waals surface area contributed by atoms with E-state index in [1.165, 1.54) is 0 Å². The van der Waals surface area contributed by atoms with Crippen molar-refractivity contribution in [2.45, 2.75) is 42.7 Å². The molecule has 2 nitrogen and oxygen atoms in total. The van der Waals surface area contributed by atoms with Crippen LogP contribution in [0, 0.1) is 0 Å². The molecular weight excluding hydrogens is 506 g/mol. The molecule has 2 aromatic rings. The maximum atomic E-state index is 15.2. The van der Waals surface area contributed by atoms with Crippen molar-refractivity contribution in [2.75, 3.05) is 0 Å². The van der Waals surface area contributed by atoms with Crippen LogP contribution in [-0.2, 0) is 0 Å². The molecule has 2 heterocycles. The summed E-state index contributed by atoms with van der Waals surface area (Å²) in [6, 6.07) is 16.1. The number of hydrogen-bond donors (Lipinski definition) is 0. The maximum Gasteiger partial charge on any atom is 0.421 e. The molecule has 2 atom stereocenters. The summed E-state index contributed by atoms with van der Waals surface area (Å²) in [6.07, 6.45) is -9.63. The van der Waals surface area contributed by atoms with E-state index in [0.717, 1.165) is 0 Å². The van der Waals surface area contributed by atoms with E-state index in [0.29, 0.717) is 52.2 Å². The highest BCUT2D eigenvalue weighted by molar-refractivity contribution is 8.18. The highest BCUT2D eigenvalue weighted by atomic mass is 32.2. The Bertz CT molecular complexity index is 1240. The van der Waals surface area contributed by atoms with Gasteiger partial charge in [0.05, 0.1) is 0 Å². The molecule has 180 valence electrons. The van der Waals surface area contributed by atoms with Crippen LogP contribution in [0.15, 0.2) is 91.6 Å². The van der Waals surface area contributed by atoms with E-state index in [4.69, 9.17) is 0 Å². The molecule has 0 saturated heterocycles. The monoisotopic (exact) mass is 522 g/mol. The Morgan fingerprint density at radius 1 is 0.600 bits per heavy atom. The van der Waals surface area contributed by atoms with Crippen molar-refractivity contribution in [1.29, 1.82) is 0 Å². The van der Waals surface area contributed by atoms with Gasteiger partial charge in [0.2, 0.25) is 11.1 Å². The number of nitrogens with zero attached hydrogens (tertiary/aromatic N) is 2. The Morgan fingerprint density at radius 3 is 1.31 bits per heavy atom. The van der Waals surface area contributed by atoms with Gasteiger partial charge in [-0.05, 0) is 30.4 Å². The third-order valence-corrected chi connectivity index (χ3v) is 9.28. The van der Waals surface area contributed by atoms with Gasteiger partial charge in [-0.15, -0.1) is 0 Å². The number of thioether (sulfide) groups is 2. The summed E-state index contributed by atoms with van der Waals surface area (Å²) in [5.41, 5.74) is -5.77. The van der Waals surface area contributed by atoms with E-state index in [-0.39, 0.29) is 32.7 Å². The van der Waals surface area contributed by atoms with Crippen LogP contribution >= 0.6 is 23.5 Å². The molecule has 0 spiro atoms. The van der Waals surface area contributed by atoms with Crippen LogP contribution in [-0.4, -0.2) is 33.5 Å². The topological polar surface area (TPSA) is 24.7 Å². The first kappa shape index (κ1) is 23.0. The van der Waals surface area contributed by atoms with E-state index >= 15 is 26.3 Å². The van der Waals surface area contributed by atoms with Crippen LogP contribution in [0.2, 0.25) is 0 Å². The van der Waals surface area contributed by atoms with Gasteiger partial charge >= 0.3 is 12.4 Å². The molecule has 2 unspecified atom stereocenters. The van der Waals surface area contributed by atoms with E-state index in [1.807, 2.05) is 0 Å². The SMILES string of the molecule is FC(F)(F)C12N=C(c3ccccc3)SC1=C1CCCC1=C1SC(c3ccccc3)=NC12C(F)(F)F. The molecule has 4 aliphatic rings. The van der Waals surface area contributed by atoms with Crippen LogP contribution in [0.1, 0.15) is 30.4 Å². The lowest BCUT2D eigenvalue weighted by Crippen LogP contribution is -2.68. The number of aliphatic imine (C=N–C) groups is 2. The number of benzene rings is 2. The number of allylic oxidation sites excluding steroid dienone is 2. The Hall–Kier alpha value is -2.46. The van der Waals surface area contributed by atoms with Gasteiger partial charge in [0.1, 0.15) is 10.1 Å². The number of halogens is 6. The van der Waals surface area contributed by atoms with Crippen molar-refractivity contribution < 1.29 is 26.3 Å². The second-order valence-electron chi connectivity index (χ2n) is 8.66. The van der Waals surface area contributed by atoms with E-state index < -0.39 is 23.4 Å². The average Bonchev–Trinajstić information content (AvgIpc) is 3.54. The van der Waals surface area contributed by atoms with Crippen molar-refractivity contribution in [1.82, 2.24) is 0 Å². The van der Waals surface area contributed by atoms with Crippen LogP contribution < -0.4 is 0 Å². The van der Waals surface area contributed by atoms with Gasteiger partial charge < -0.3 is 0 Å². The number of fused-ring (bicyclic) bond motifs is 4. The number of rotatable bonds is 2. The van der Waals surface area contributed by atoms with Gasteiger partial charge in [0.25, 0.3) is 0 Å². The van der Waals surface area contributed by atoms with Crippen molar-refractivity contribution in [2.24, 2.45) is 9.98 Å². The van der Waals surface area contributed by atoms with Crippen LogP contribution in [0.4, 0.5) is 26.3 Å². The van der Waals surface area contributed by atoms with Crippen molar-refractivity contribution in [3.05, 3.63) is 92.7 Å². The zero-order valence-electron chi connectivity index (χ0n) is 17.9. The molecule has 6 rings (SSSR count). The number of hydrogen-bond acceptors (Lipinski definition) is 4. The molecule has 10 heteroatoms. The first-order valence-electron chi connectivity index (χ1n) is 10.9. The third-order valence-electron chi connectivity index (χ3n) is 6.74. The molecule has 35 heavy (non-hydrogen) atoms. The molecule has 0 N–H and O–H groups in total. The summed E-state index contributed by atoms with van der Waals surface area (Å²) in [4.78, 5) is 7.19. The summed E-state index contributed by atoms with van der Waals surface area (Å²) in [7, 11) is 0. The first-order valence-corrected chi connectivity index (χ1v) is 12.5.